The average Bonchev–Trinajstić information content (AvgIpc) is 2.93. The monoisotopic (exact) mass is 386 g/mol. The number of nitrogens with one attached hydrogen (secondary N) is 1. The fourth-order valence-corrected chi connectivity index (χ4v) is 3.58. The highest BCUT2D eigenvalue weighted by Crippen LogP contribution is 2.34. The van der Waals surface area contributed by atoms with Crippen molar-refractivity contribution in [3.63, 3.8) is 0 Å². The van der Waals surface area contributed by atoms with Crippen LogP contribution in [-0.4, -0.2) is 35.1 Å². The summed E-state index contributed by atoms with van der Waals surface area (Å²) in [5, 5.41) is 3.29. The lowest BCUT2D eigenvalue weighted by atomic mass is 10.1. The van der Waals surface area contributed by atoms with E-state index in [9.17, 15) is 0 Å². The maximum Gasteiger partial charge on any atom is 0.158 e. The van der Waals surface area contributed by atoms with Gasteiger partial charge in [0.1, 0.15) is 18.0 Å². The van der Waals surface area contributed by atoms with E-state index in [0.717, 1.165) is 60.3 Å². The molecule has 0 radical (unpaired) electrons. The lowest BCUT2D eigenvalue weighted by Gasteiger charge is -2.27. The zero-order chi connectivity index (χ0) is 20.2. The average molecular weight is 387 g/mol. The second-order valence-corrected chi connectivity index (χ2v) is 7.19. The number of pyridine rings is 1. The van der Waals surface area contributed by atoms with Crippen LogP contribution in [0.3, 0.4) is 0 Å². The summed E-state index contributed by atoms with van der Waals surface area (Å²) in [7, 11) is 2.11. The predicted molar refractivity (Wildman–Crippen MR) is 119 cm³/mol. The van der Waals surface area contributed by atoms with Gasteiger partial charge < -0.3 is 15.1 Å². The number of hydrogen-bond acceptors (Lipinski definition) is 6. The van der Waals surface area contributed by atoms with Gasteiger partial charge in [0.05, 0.1) is 11.4 Å². The first kappa shape index (κ1) is 18.9. The van der Waals surface area contributed by atoms with Gasteiger partial charge in [0.15, 0.2) is 5.82 Å². The zero-order valence-electron chi connectivity index (χ0n) is 17.0. The second-order valence-electron chi connectivity index (χ2n) is 7.19. The minimum atomic E-state index is 0.718. The van der Waals surface area contributed by atoms with Crippen molar-refractivity contribution in [2.75, 3.05) is 35.3 Å². The number of anilines is 3. The largest absolute Gasteiger partial charge is 0.372 e. The van der Waals surface area contributed by atoms with Gasteiger partial charge in [0.25, 0.3) is 0 Å². The molecule has 1 aromatic carbocycles. The van der Waals surface area contributed by atoms with Gasteiger partial charge in [-0.05, 0) is 42.7 Å². The molecule has 3 aromatic rings. The van der Waals surface area contributed by atoms with Crippen molar-refractivity contribution in [3.8, 4) is 11.3 Å². The Balaban J connectivity index is 1.72. The molecule has 6 nitrogen and oxygen atoms in total. The summed E-state index contributed by atoms with van der Waals surface area (Å²) in [5.74, 6) is 2.39. The third-order valence-corrected chi connectivity index (χ3v) is 5.21. The van der Waals surface area contributed by atoms with Crippen LogP contribution < -0.4 is 15.1 Å². The molecule has 29 heavy (non-hydrogen) atoms. The Labute approximate surface area is 171 Å². The van der Waals surface area contributed by atoms with Gasteiger partial charge in [-0.1, -0.05) is 31.7 Å². The molecule has 0 bridgehead atoms. The molecule has 0 amide bonds. The number of rotatable bonds is 5. The molecule has 0 fully saturated rings. The third kappa shape index (κ3) is 4.06. The first-order chi connectivity index (χ1) is 14.2. The van der Waals surface area contributed by atoms with Crippen LogP contribution in [0.1, 0.15) is 18.9 Å². The summed E-state index contributed by atoms with van der Waals surface area (Å²) in [6.07, 6.45) is 5.26. The zero-order valence-corrected chi connectivity index (χ0v) is 17.0. The van der Waals surface area contributed by atoms with Gasteiger partial charge in [-0.15, -0.1) is 0 Å². The SMILES string of the molecule is C=C(Nc1ccncn1)N1CCCN(C)c2ccc(-c3cccc(CC)c3)nc21. The molecule has 0 saturated heterocycles. The van der Waals surface area contributed by atoms with E-state index in [-0.39, 0.29) is 0 Å². The standard InChI is InChI=1S/C23H26N6/c1-4-18-7-5-8-19(15-18)20-9-10-21-23(27-20)29(14-6-13-28(21)3)17(2)26-22-11-12-24-16-25-22/h5,7-12,15-16H,2,4,6,13-14H2,1,3H3,(H,24,25,26). The first-order valence-corrected chi connectivity index (χ1v) is 9.96. The highest BCUT2D eigenvalue weighted by atomic mass is 15.3. The minimum absolute atomic E-state index is 0.718. The van der Waals surface area contributed by atoms with Gasteiger partial charge >= 0.3 is 0 Å². The molecule has 0 aliphatic carbocycles. The fourth-order valence-electron chi connectivity index (χ4n) is 3.58. The number of nitrogens with zero attached hydrogens (tertiary/aromatic N) is 5. The Morgan fingerprint density at radius 2 is 2.07 bits per heavy atom. The molecule has 3 heterocycles. The van der Waals surface area contributed by atoms with E-state index >= 15 is 0 Å². The molecule has 0 atom stereocenters. The Morgan fingerprint density at radius 3 is 2.86 bits per heavy atom. The van der Waals surface area contributed by atoms with Crippen molar-refractivity contribution in [3.05, 3.63) is 73.0 Å². The van der Waals surface area contributed by atoms with E-state index < -0.39 is 0 Å². The van der Waals surface area contributed by atoms with E-state index in [2.05, 4.69) is 82.0 Å². The van der Waals surface area contributed by atoms with Gasteiger partial charge in [0.2, 0.25) is 0 Å². The number of benzene rings is 1. The first-order valence-electron chi connectivity index (χ1n) is 9.96. The Hall–Kier alpha value is -3.41. The van der Waals surface area contributed by atoms with Gasteiger partial charge in [-0.2, -0.15) is 0 Å². The number of fused-ring (bicyclic) bond motifs is 1. The van der Waals surface area contributed by atoms with Crippen LogP contribution in [-0.2, 0) is 6.42 Å². The molecule has 0 spiro atoms. The summed E-state index contributed by atoms with van der Waals surface area (Å²) < 4.78 is 0. The van der Waals surface area contributed by atoms with Crippen LogP contribution in [0.25, 0.3) is 11.3 Å². The Morgan fingerprint density at radius 1 is 1.17 bits per heavy atom. The molecule has 1 N–H and O–H groups in total. The molecule has 0 unspecified atom stereocenters. The van der Waals surface area contributed by atoms with E-state index in [1.807, 2.05) is 6.07 Å². The lowest BCUT2D eigenvalue weighted by Crippen LogP contribution is -2.28. The van der Waals surface area contributed by atoms with Gasteiger partial charge in [-0.25, -0.2) is 15.0 Å². The summed E-state index contributed by atoms with van der Waals surface area (Å²) in [4.78, 5) is 17.7. The molecular weight excluding hydrogens is 360 g/mol. The smallest absolute Gasteiger partial charge is 0.158 e. The summed E-state index contributed by atoms with van der Waals surface area (Å²) >= 11 is 0. The fraction of sp³-hybridized carbons (Fsp3) is 0.261. The minimum Gasteiger partial charge on any atom is -0.372 e. The molecule has 6 heteroatoms. The van der Waals surface area contributed by atoms with Crippen LogP contribution in [0.15, 0.2) is 67.4 Å². The Bertz CT molecular complexity index is 1000. The predicted octanol–water partition coefficient (Wildman–Crippen LogP) is 4.33. The summed E-state index contributed by atoms with van der Waals surface area (Å²) in [6.45, 7) is 8.24. The lowest BCUT2D eigenvalue weighted by molar-refractivity contribution is 0.789. The molecule has 4 rings (SSSR count). The van der Waals surface area contributed by atoms with E-state index in [4.69, 9.17) is 4.98 Å². The molecule has 0 saturated carbocycles. The quantitative estimate of drug-likeness (QED) is 0.704. The normalized spacial score (nSPS) is 13.6. The van der Waals surface area contributed by atoms with Crippen LogP contribution >= 0.6 is 0 Å². The number of hydrogen-bond donors (Lipinski definition) is 1. The van der Waals surface area contributed by atoms with E-state index in [1.165, 1.54) is 11.9 Å². The van der Waals surface area contributed by atoms with Crippen LogP contribution in [0.2, 0.25) is 0 Å². The molecule has 1 aliphatic heterocycles. The van der Waals surface area contributed by atoms with Gasteiger partial charge in [0, 0.05) is 31.9 Å². The highest BCUT2D eigenvalue weighted by Gasteiger charge is 2.23. The van der Waals surface area contributed by atoms with Crippen LogP contribution in [0.5, 0.6) is 0 Å². The van der Waals surface area contributed by atoms with Crippen LogP contribution in [0, 0.1) is 0 Å². The summed E-state index contributed by atoms with van der Waals surface area (Å²) in [5.41, 5.74) is 4.51. The van der Waals surface area contributed by atoms with E-state index in [1.54, 1.807) is 6.20 Å². The third-order valence-electron chi connectivity index (χ3n) is 5.21. The molecule has 2 aromatic heterocycles. The highest BCUT2D eigenvalue weighted by molar-refractivity contribution is 5.75. The van der Waals surface area contributed by atoms with Crippen molar-refractivity contribution in [1.82, 2.24) is 15.0 Å². The van der Waals surface area contributed by atoms with E-state index in [0.29, 0.717) is 0 Å². The molecular formula is C23H26N6. The van der Waals surface area contributed by atoms with Crippen molar-refractivity contribution < 1.29 is 0 Å². The van der Waals surface area contributed by atoms with Crippen molar-refractivity contribution in [2.24, 2.45) is 0 Å². The topological polar surface area (TPSA) is 57.2 Å². The van der Waals surface area contributed by atoms with Gasteiger partial charge in [-0.3, -0.25) is 0 Å². The van der Waals surface area contributed by atoms with Crippen LogP contribution in [0.4, 0.5) is 17.3 Å². The number of aromatic nitrogens is 3. The second kappa shape index (κ2) is 8.31. The van der Waals surface area contributed by atoms with Crippen molar-refractivity contribution in [2.45, 2.75) is 19.8 Å². The summed E-state index contributed by atoms with van der Waals surface area (Å²) in [6, 6.07) is 14.7. The Kier molecular flexibility index (Phi) is 5.42. The van der Waals surface area contributed by atoms with Crippen molar-refractivity contribution in [1.29, 1.82) is 0 Å². The molecule has 148 valence electrons. The number of aryl methyl sites for hydroxylation is 1. The maximum absolute atomic E-state index is 5.06. The maximum atomic E-state index is 5.06. The van der Waals surface area contributed by atoms with Crippen molar-refractivity contribution >= 4 is 17.3 Å². The molecule has 1 aliphatic rings.